The molecule has 2 heteroatoms. The maximum atomic E-state index is 7.07. The van der Waals surface area contributed by atoms with Crippen molar-refractivity contribution in [2.75, 3.05) is 0 Å². The van der Waals surface area contributed by atoms with Crippen LogP contribution in [-0.4, -0.2) is 7.57 Å². The molecule has 0 aliphatic heterocycles. The van der Waals surface area contributed by atoms with E-state index < -0.39 is 7.14 Å². The molecule has 0 bridgehead atoms. The van der Waals surface area contributed by atoms with Gasteiger partial charge in [0.15, 0.2) is 0 Å². The van der Waals surface area contributed by atoms with Gasteiger partial charge in [-0.2, -0.15) is 0 Å². The fourth-order valence-electron chi connectivity index (χ4n) is 2.67. The van der Waals surface area contributed by atoms with Crippen molar-refractivity contribution in [3.8, 4) is 0 Å². The summed E-state index contributed by atoms with van der Waals surface area (Å²) in [5.41, 5.74) is 2.51. The van der Waals surface area contributed by atoms with Crippen LogP contribution >= 0.6 is 7.14 Å². The highest BCUT2D eigenvalue weighted by Gasteiger charge is 2.39. The highest BCUT2D eigenvalue weighted by molar-refractivity contribution is 8.13. The van der Waals surface area contributed by atoms with Crippen molar-refractivity contribution >= 4 is 30.6 Å². The van der Waals surface area contributed by atoms with Crippen molar-refractivity contribution in [2.24, 2.45) is 0 Å². The van der Waals surface area contributed by atoms with E-state index in [0.29, 0.717) is 0 Å². The van der Waals surface area contributed by atoms with Crippen LogP contribution in [0.25, 0.3) is 0 Å². The Kier molecular flexibility index (Phi) is 4.18. The highest BCUT2D eigenvalue weighted by Crippen LogP contribution is 2.50. The predicted molar refractivity (Wildman–Crippen MR) is 100 cm³/mol. The van der Waals surface area contributed by atoms with Gasteiger partial charge in [0.1, 0.15) is 0 Å². The van der Waals surface area contributed by atoms with Crippen molar-refractivity contribution in [3.05, 3.63) is 90.0 Å². The van der Waals surface area contributed by atoms with Crippen molar-refractivity contribution in [2.45, 2.75) is 13.8 Å². The number of hydrogen-bond acceptors (Lipinski definition) is 0. The van der Waals surface area contributed by atoms with E-state index in [1.54, 1.807) is 0 Å². The van der Waals surface area contributed by atoms with Gasteiger partial charge >= 0.3 is 7.57 Å². The molecule has 0 unspecified atom stereocenters. The Bertz CT molecular complexity index is 700. The molecule has 2 radical (unpaired) electrons. The Labute approximate surface area is 134 Å². The lowest BCUT2D eigenvalue weighted by molar-refractivity contribution is 1.49. The number of hydrogen-bond donors (Lipinski definition) is 0. The Balaban J connectivity index is 2.22. The largest absolute Gasteiger partial charge is 0.383 e. The van der Waals surface area contributed by atoms with Crippen LogP contribution in [0, 0.1) is 13.8 Å². The van der Waals surface area contributed by atoms with Gasteiger partial charge in [0.25, 0.3) is 0 Å². The van der Waals surface area contributed by atoms with Crippen LogP contribution in [0.2, 0.25) is 0 Å². The zero-order chi connectivity index (χ0) is 15.6. The van der Waals surface area contributed by atoms with E-state index in [-0.39, 0.29) is 0 Å². The minimum atomic E-state index is -2.07. The molecular weight excluding hydrogens is 282 g/mol. The molecule has 0 atom stereocenters. The quantitative estimate of drug-likeness (QED) is 0.511. The zero-order valence-electron chi connectivity index (χ0n) is 13.0. The topological polar surface area (TPSA) is 0 Å². The molecule has 106 valence electrons. The Hall–Kier alpha value is -1.85. The zero-order valence-corrected chi connectivity index (χ0v) is 13.9. The minimum Gasteiger partial charge on any atom is -0.0620 e. The van der Waals surface area contributed by atoms with Crippen LogP contribution in [0.3, 0.4) is 0 Å². The maximum Gasteiger partial charge on any atom is 0.383 e. The van der Waals surface area contributed by atoms with Crippen molar-refractivity contribution < 1.29 is 0 Å². The molecule has 3 aromatic carbocycles. The van der Waals surface area contributed by atoms with E-state index in [1.807, 2.05) is 6.07 Å². The van der Waals surface area contributed by atoms with Gasteiger partial charge in [0.2, 0.25) is 0 Å². The van der Waals surface area contributed by atoms with Crippen molar-refractivity contribution in [1.29, 1.82) is 0 Å². The Morgan fingerprint density at radius 1 is 0.545 bits per heavy atom. The molecule has 0 nitrogen and oxygen atoms in total. The second-order valence-corrected chi connectivity index (χ2v) is 8.72. The summed E-state index contributed by atoms with van der Waals surface area (Å²) in [4.78, 5) is 0. The van der Waals surface area contributed by atoms with Gasteiger partial charge in [0.05, 0.1) is 23.1 Å². The van der Waals surface area contributed by atoms with E-state index in [1.165, 1.54) is 27.0 Å². The number of aryl methyl sites for hydroxylation is 2. The third kappa shape index (κ3) is 2.74. The molecule has 0 heterocycles. The van der Waals surface area contributed by atoms with Crippen LogP contribution in [-0.2, 0) is 0 Å². The SMILES string of the molecule is [B][P+](c1ccccc1)(c1ccc(C)cc1)c1ccc(C)cc1. The second-order valence-electron chi connectivity index (χ2n) is 5.73. The average Bonchev–Trinajstić information content (AvgIpc) is 2.56. The van der Waals surface area contributed by atoms with Crippen LogP contribution in [0.5, 0.6) is 0 Å². The fourth-order valence-corrected chi connectivity index (χ4v) is 5.45. The molecule has 0 spiro atoms. The first-order chi connectivity index (χ1) is 10.6. The van der Waals surface area contributed by atoms with Crippen LogP contribution in [0.15, 0.2) is 78.9 Å². The van der Waals surface area contributed by atoms with Crippen molar-refractivity contribution in [3.63, 3.8) is 0 Å². The van der Waals surface area contributed by atoms with Crippen LogP contribution in [0.1, 0.15) is 11.1 Å². The van der Waals surface area contributed by atoms with E-state index >= 15 is 0 Å². The molecule has 0 aromatic heterocycles. The van der Waals surface area contributed by atoms with Crippen LogP contribution < -0.4 is 15.9 Å². The van der Waals surface area contributed by atoms with E-state index in [2.05, 4.69) is 86.6 Å². The number of rotatable bonds is 3. The summed E-state index contributed by atoms with van der Waals surface area (Å²) in [6, 6.07) is 27.8. The van der Waals surface area contributed by atoms with Crippen molar-refractivity contribution in [1.82, 2.24) is 0 Å². The smallest absolute Gasteiger partial charge is 0.0620 e. The number of benzene rings is 3. The summed E-state index contributed by atoms with van der Waals surface area (Å²) in [5, 5.41) is 3.64. The minimum absolute atomic E-state index is 1.21. The third-order valence-electron chi connectivity index (χ3n) is 4.05. The molecule has 3 rings (SSSR count). The molecular formula is C20H19BP+. The summed E-state index contributed by atoms with van der Waals surface area (Å²) >= 11 is 0. The lowest BCUT2D eigenvalue weighted by Crippen LogP contribution is -2.31. The normalized spacial score (nSPS) is 11.4. The molecule has 3 aromatic rings. The summed E-state index contributed by atoms with van der Waals surface area (Å²) in [7, 11) is 5.01. The summed E-state index contributed by atoms with van der Waals surface area (Å²) in [6.07, 6.45) is 0. The molecule has 0 amide bonds. The lowest BCUT2D eigenvalue weighted by atomic mass is 10.2. The monoisotopic (exact) mass is 301 g/mol. The third-order valence-corrected chi connectivity index (χ3v) is 7.38. The first kappa shape index (κ1) is 15.1. The standard InChI is InChI=1S/C20H19BP/c1-16-8-12-19(13-9-16)22(21,18-6-4-3-5-7-18)20-14-10-17(2)11-15-20/h3-15H,1-2H3/q+1. The summed E-state index contributed by atoms with van der Waals surface area (Å²) in [6.45, 7) is 4.21. The van der Waals surface area contributed by atoms with E-state index in [0.717, 1.165) is 0 Å². The molecule has 0 saturated heterocycles. The van der Waals surface area contributed by atoms with Gasteiger partial charge in [-0.1, -0.05) is 53.6 Å². The lowest BCUT2D eigenvalue weighted by Gasteiger charge is -2.24. The molecule has 0 saturated carbocycles. The first-order valence-electron chi connectivity index (χ1n) is 7.48. The second kappa shape index (κ2) is 6.11. The van der Waals surface area contributed by atoms with E-state index in [9.17, 15) is 0 Å². The Morgan fingerprint density at radius 2 is 0.909 bits per heavy atom. The van der Waals surface area contributed by atoms with Gasteiger partial charge in [-0.05, 0) is 50.2 Å². The van der Waals surface area contributed by atoms with Gasteiger partial charge in [-0.15, -0.1) is 0 Å². The highest BCUT2D eigenvalue weighted by atomic mass is 31.2. The predicted octanol–water partition coefficient (Wildman–Crippen LogP) is 3.68. The molecule has 0 aliphatic rings. The average molecular weight is 301 g/mol. The van der Waals surface area contributed by atoms with Gasteiger partial charge in [0, 0.05) is 0 Å². The Morgan fingerprint density at radius 3 is 1.32 bits per heavy atom. The first-order valence-corrected chi connectivity index (χ1v) is 9.34. The van der Waals surface area contributed by atoms with Crippen LogP contribution in [0.4, 0.5) is 0 Å². The van der Waals surface area contributed by atoms with Gasteiger partial charge in [-0.25, -0.2) is 0 Å². The molecule has 0 N–H and O–H groups in total. The molecule has 0 fully saturated rings. The van der Waals surface area contributed by atoms with Gasteiger partial charge in [-0.3, -0.25) is 0 Å². The van der Waals surface area contributed by atoms with E-state index in [4.69, 9.17) is 7.57 Å². The molecule has 22 heavy (non-hydrogen) atoms. The van der Waals surface area contributed by atoms with Gasteiger partial charge < -0.3 is 0 Å². The fraction of sp³-hybridized carbons (Fsp3) is 0.100. The maximum absolute atomic E-state index is 7.07. The summed E-state index contributed by atoms with van der Waals surface area (Å²) in [5.74, 6) is 0. The summed E-state index contributed by atoms with van der Waals surface area (Å²) < 4.78 is 0. The molecule has 0 aliphatic carbocycles.